The van der Waals surface area contributed by atoms with Crippen molar-refractivity contribution in [3.63, 3.8) is 0 Å². The molecule has 0 heterocycles. The van der Waals surface area contributed by atoms with E-state index in [1.54, 1.807) is 27.7 Å². The van der Waals surface area contributed by atoms with Crippen molar-refractivity contribution >= 4 is 24.1 Å². The van der Waals surface area contributed by atoms with Crippen molar-refractivity contribution in [3.05, 3.63) is 0 Å². The first-order valence-electron chi connectivity index (χ1n) is 25.2. The van der Waals surface area contributed by atoms with Crippen molar-refractivity contribution in [2.45, 2.75) is 229 Å². The van der Waals surface area contributed by atoms with E-state index in [1.807, 2.05) is 0 Å². The van der Waals surface area contributed by atoms with E-state index >= 15 is 0 Å². The van der Waals surface area contributed by atoms with Crippen LogP contribution in [0.4, 0.5) is 9.59 Å². The molecule has 0 aromatic rings. The van der Waals surface area contributed by atoms with Gasteiger partial charge in [-0.3, -0.25) is 9.59 Å². The van der Waals surface area contributed by atoms with E-state index in [0.717, 1.165) is 77.4 Å². The van der Waals surface area contributed by atoms with Gasteiger partial charge in [-0.05, 0) is 79.3 Å². The Hall–Kier alpha value is -2.56. The summed E-state index contributed by atoms with van der Waals surface area (Å²) in [6, 6.07) is -0.327. The number of amides is 2. The van der Waals surface area contributed by atoms with Crippen molar-refractivity contribution in [2.75, 3.05) is 52.5 Å². The van der Waals surface area contributed by atoms with Crippen LogP contribution in [-0.4, -0.2) is 87.7 Å². The highest BCUT2D eigenvalue weighted by Crippen LogP contribution is 2.41. The third kappa shape index (κ3) is 29.4. The topological polar surface area (TPSA) is 132 Å². The van der Waals surface area contributed by atoms with E-state index in [4.69, 9.17) is 18.9 Å². The first-order chi connectivity index (χ1) is 29.3. The summed E-state index contributed by atoms with van der Waals surface area (Å²) in [4.78, 5) is 55.2. The van der Waals surface area contributed by atoms with Gasteiger partial charge in [0.25, 0.3) is 0 Å². The van der Waals surface area contributed by atoms with E-state index in [0.29, 0.717) is 13.0 Å². The Morgan fingerprint density at radius 2 is 0.951 bits per heavy atom. The second-order valence-electron chi connectivity index (χ2n) is 18.5. The fourth-order valence-corrected chi connectivity index (χ4v) is 7.24. The number of ether oxygens (including phenoxy) is 4. The van der Waals surface area contributed by atoms with Crippen molar-refractivity contribution in [3.8, 4) is 0 Å². The van der Waals surface area contributed by atoms with Crippen molar-refractivity contribution < 1.29 is 38.1 Å². The standard InChI is InChI=1S/C50H97N3O8/c1-10-15-18-21-24-25-26-27-30-33-37-51-47(56)52-40-43(42-60-48(57)58-39-34-38-53(13-4)14-5)41-59-45(54)49(6,7)50(8,9)46(55)61-44(35-31-28-22-19-16-11-2)36-32-29-23-20-17-12-3/h43-44H,10-42H2,1-9H3,(H2,51,52,56). The molecule has 1 atom stereocenters. The highest BCUT2D eigenvalue weighted by molar-refractivity contribution is 5.87. The Morgan fingerprint density at radius 3 is 1.44 bits per heavy atom. The van der Waals surface area contributed by atoms with E-state index in [-0.39, 0.29) is 38.5 Å². The molecule has 2 amide bonds. The summed E-state index contributed by atoms with van der Waals surface area (Å²) in [5, 5.41) is 5.78. The summed E-state index contributed by atoms with van der Waals surface area (Å²) >= 11 is 0. The van der Waals surface area contributed by atoms with Gasteiger partial charge in [-0.25, -0.2) is 9.59 Å². The zero-order valence-corrected chi connectivity index (χ0v) is 41.2. The molecule has 0 rings (SSSR count). The van der Waals surface area contributed by atoms with Crippen LogP contribution in [0.2, 0.25) is 0 Å². The lowest BCUT2D eigenvalue weighted by atomic mass is 9.68. The lowest BCUT2D eigenvalue weighted by Gasteiger charge is -2.38. The lowest BCUT2D eigenvalue weighted by Crippen LogP contribution is -2.48. The van der Waals surface area contributed by atoms with Gasteiger partial charge in [-0.2, -0.15) is 0 Å². The van der Waals surface area contributed by atoms with Crippen molar-refractivity contribution in [1.29, 1.82) is 0 Å². The van der Waals surface area contributed by atoms with Crippen LogP contribution in [0.3, 0.4) is 0 Å². The molecule has 0 aliphatic carbocycles. The average Bonchev–Trinajstić information content (AvgIpc) is 3.24. The fourth-order valence-electron chi connectivity index (χ4n) is 7.24. The third-order valence-corrected chi connectivity index (χ3v) is 12.6. The van der Waals surface area contributed by atoms with E-state index in [9.17, 15) is 19.2 Å². The fraction of sp³-hybridized carbons (Fsp3) is 0.920. The maximum atomic E-state index is 13.9. The number of carbonyl (C=O) groups is 4. The Balaban J connectivity index is 5.39. The molecular formula is C50H97N3O8. The Labute approximate surface area is 375 Å². The first-order valence-corrected chi connectivity index (χ1v) is 25.2. The van der Waals surface area contributed by atoms with Gasteiger partial charge < -0.3 is 34.5 Å². The number of nitrogens with one attached hydrogen (secondary N) is 2. The molecule has 0 saturated heterocycles. The largest absolute Gasteiger partial charge is 0.508 e. The number of unbranched alkanes of at least 4 members (excludes halogenated alkanes) is 19. The van der Waals surface area contributed by atoms with Crippen LogP contribution in [0.5, 0.6) is 0 Å². The minimum Gasteiger partial charge on any atom is -0.465 e. The Bertz CT molecular complexity index is 1080. The number of hydrogen-bond acceptors (Lipinski definition) is 9. The number of carbonyl (C=O) groups excluding carboxylic acids is 4. The summed E-state index contributed by atoms with van der Waals surface area (Å²) in [5.41, 5.74) is -2.41. The second kappa shape index (κ2) is 37.9. The quantitative estimate of drug-likeness (QED) is 0.0350. The minimum atomic E-state index is -1.23. The van der Waals surface area contributed by atoms with Crippen LogP contribution in [0.15, 0.2) is 0 Å². The first kappa shape index (κ1) is 58.4. The molecule has 61 heavy (non-hydrogen) atoms. The number of urea groups is 1. The summed E-state index contributed by atoms with van der Waals surface area (Å²) in [6.07, 6.45) is 27.6. The van der Waals surface area contributed by atoms with Gasteiger partial charge >= 0.3 is 24.1 Å². The second-order valence-corrected chi connectivity index (χ2v) is 18.5. The monoisotopic (exact) mass is 868 g/mol. The van der Waals surface area contributed by atoms with Crippen LogP contribution in [0.25, 0.3) is 0 Å². The average molecular weight is 868 g/mol. The van der Waals surface area contributed by atoms with Gasteiger partial charge in [0, 0.05) is 25.6 Å². The Morgan fingerprint density at radius 1 is 0.508 bits per heavy atom. The Kier molecular flexibility index (Phi) is 36.4. The van der Waals surface area contributed by atoms with Crippen LogP contribution in [0, 0.1) is 16.7 Å². The molecular weight excluding hydrogens is 771 g/mol. The summed E-state index contributed by atoms with van der Waals surface area (Å²) in [5.74, 6) is -1.51. The lowest BCUT2D eigenvalue weighted by molar-refractivity contribution is -0.180. The van der Waals surface area contributed by atoms with Gasteiger partial charge in [0.2, 0.25) is 0 Å². The molecule has 0 aromatic carbocycles. The predicted molar refractivity (Wildman–Crippen MR) is 251 cm³/mol. The van der Waals surface area contributed by atoms with E-state index < -0.39 is 34.8 Å². The van der Waals surface area contributed by atoms with Crippen LogP contribution in [0.1, 0.15) is 223 Å². The minimum absolute atomic E-state index is 0.108. The number of rotatable bonds is 41. The summed E-state index contributed by atoms with van der Waals surface area (Å²) < 4.78 is 22.8. The summed E-state index contributed by atoms with van der Waals surface area (Å²) in [6.45, 7) is 21.1. The molecule has 0 aromatic heterocycles. The smallest absolute Gasteiger partial charge is 0.465 e. The molecule has 11 nitrogen and oxygen atoms in total. The SMILES string of the molecule is CCCCCCCCCCCCNC(=O)NCC(COC(=O)OCCCN(CC)CC)COC(=O)C(C)(C)C(C)(C)C(=O)OC(CCCCCCCC)CCCCCCCC. The molecule has 0 bridgehead atoms. The maximum Gasteiger partial charge on any atom is 0.508 e. The molecule has 0 spiro atoms. The van der Waals surface area contributed by atoms with Crippen molar-refractivity contribution in [2.24, 2.45) is 16.7 Å². The molecule has 11 heteroatoms. The van der Waals surface area contributed by atoms with Crippen molar-refractivity contribution in [1.82, 2.24) is 15.5 Å². The molecule has 0 fully saturated rings. The highest BCUT2D eigenvalue weighted by Gasteiger charge is 2.51. The van der Waals surface area contributed by atoms with Crippen LogP contribution >= 0.6 is 0 Å². The van der Waals surface area contributed by atoms with Gasteiger partial charge in [0.05, 0.1) is 24.0 Å². The summed E-state index contributed by atoms with van der Waals surface area (Å²) in [7, 11) is 0. The molecule has 360 valence electrons. The number of nitrogens with zero attached hydrogens (tertiary/aromatic N) is 1. The highest BCUT2D eigenvalue weighted by atomic mass is 16.7. The zero-order chi connectivity index (χ0) is 45.6. The molecule has 0 aliphatic heterocycles. The van der Waals surface area contributed by atoms with E-state index in [1.165, 1.54) is 96.3 Å². The van der Waals surface area contributed by atoms with E-state index in [2.05, 4.69) is 50.2 Å². The van der Waals surface area contributed by atoms with Gasteiger partial charge in [0.1, 0.15) is 12.7 Å². The number of esters is 2. The molecule has 2 N–H and O–H groups in total. The normalized spacial score (nSPS) is 12.4. The van der Waals surface area contributed by atoms with Crippen LogP contribution < -0.4 is 10.6 Å². The molecule has 0 saturated carbocycles. The molecule has 0 aliphatic rings. The number of hydrogen-bond donors (Lipinski definition) is 2. The zero-order valence-electron chi connectivity index (χ0n) is 41.2. The third-order valence-electron chi connectivity index (χ3n) is 12.6. The molecule has 1 unspecified atom stereocenters. The predicted octanol–water partition coefficient (Wildman–Crippen LogP) is 12.7. The van der Waals surface area contributed by atoms with Gasteiger partial charge in [-0.1, -0.05) is 157 Å². The molecule has 0 radical (unpaired) electrons. The maximum absolute atomic E-state index is 13.9. The van der Waals surface area contributed by atoms with Gasteiger partial charge in [-0.15, -0.1) is 0 Å². The van der Waals surface area contributed by atoms with Gasteiger partial charge in [0.15, 0.2) is 0 Å². The van der Waals surface area contributed by atoms with Crippen LogP contribution in [-0.2, 0) is 28.5 Å².